The number of ketones is 1. The van der Waals surface area contributed by atoms with Crippen LogP contribution in [0, 0.1) is 6.57 Å². The molecule has 3 amide bonds. The van der Waals surface area contributed by atoms with Crippen molar-refractivity contribution in [2.45, 2.75) is 17.7 Å². The summed E-state index contributed by atoms with van der Waals surface area (Å²) in [7, 11) is -2.79. The summed E-state index contributed by atoms with van der Waals surface area (Å²) in [4.78, 5) is 47.3. The van der Waals surface area contributed by atoms with E-state index in [9.17, 15) is 22.8 Å². The van der Waals surface area contributed by atoms with Gasteiger partial charge in [0.1, 0.15) is 0 Å². The van der Waals surface area contributed by atoms with Crippen LogP contribution in [0.2, 0.25) is 0 Å². The fourth-order valence-electron chi connectivity index (χ4n) is 4.95. The molecule has 11 nitrogen and oxygen atoms in total. The number of carbonyl (C=O) groups excluding carboxylic acids is 3. The van der Waals surface area contributed by atoms with E-state index in [1.165, 1.54) is 35.4 Å². The molecule has 0 atom stereocenters. The molecule has 3 aromatic carbocycles. The van der Waals surface area contributed by atoms with Gasteiger partial charge in [0, 0.05) is 30.4 Å². The SMILES string of the molecule is [C-]#[N+]C(=C1CCN(C(=O)C(=O)c2c[nH]c3c(NC(=O)Nc4ccc(S(=O)(=O)OC)cc4)cccc23)CC1)c1ccccc1. The number of urea groups is 1. The molecule has 2 heterocycles. The number of Topliss-reactive ketones (excluding diaryl/α,β-unsaturated/α-hetero) is 1. The second-order valence-electron chi connectivity index (χ2n) is 9.71. The van der Waals surface area contributed by atoms with Gasteiger partial charge in [-0.25, -0.2) is 9.64 Å². The minimum absolute atomic E-state index is 0.0504. The van der Waals surface area contributed by atoms with Gasteiger partial charge in [0.25, 0.3) is 21.8 Å². The standard InChI is InChI=1S/C31H27N5O6S/c1-32-27(20-7-4-3-5-8-20)21-15-17-36(18-16-21)30(38)29(37)25-19-33-28-24(25)9-6-10-26(28)35-31(39)34-22-11-13-23(14-12-22)43(40,41)42-2/h3-14,19,33H,15-18H2,2H3,(H2,34,35,39). The number of hydrogen-bond donors (Lipinski definition) is 3. The fraction of sp³-hybridized carbons (Fsp3) is 0.161. The lowest BCUT2D eigenvalue weighted by atomic mass is 9.97. The number of nitrogens with one attached hydrogen (secondary N) is 3. The van der Waals surface area contributed by atoms with Gasteiger partial charge in [-0.15, -0.1) is 0 Å². The van der Waals surface area contributed by atoms with Crippen molar-refractivity contribution < 1.29 is 27.0 Å². The highest BCUT2D eigenvalue weighted by Gasteiger charge is 2.29. The van der Waals surface area contributed by atoms with Crippen molar-refractivity contribution in [2.75, 3.05) is 30.8 Å². The van der Waals surface area contributed by atoms with Crippen LogP contribution in [0.15, 0.2) is 89.5 Å². The van der Waals surface area contributed by atoms with E-state index in [4.69, 9.17) is 6.57 Å². The number of benzene rings is 3. The molecule has 0 unspecified atom stereocenters. The number of piperidine rings is 1. The zero-order valence-electron chi connectivity index (χ0n) is 23.1. The van der Waals surface area contributed by atoms with Crippen molar-refractivity contribution in [3.63, 3.8) is 0 Å². The molecule has 0 saturated carbocycles. The number of fused-ring (bicyclic) bond motifs is 1. The van der Waals surface area contributed by atoms with Crippen LogP contribution in [0.1, 0.15) is 28.8 Å². The van der Waals surface area contributed by atoms with Crippen molar-refractivity contribution in [3.05, 3.63) is 107 Å². The molecule has 1 aliphatic rings. The van der Waals surface area contributed by atoms with E-state index in [0.29, 0.717) is 53.9 Å². The number of anilines is 2. The Bertz CT molecular complexity index is 1880. The molecule has 1 aromatic heterocycles. The monoisotopic (exact) mass is 597 g/mol. The highest BCUT2D eigenvalue weighted by molar-refractivity contribution is 7.86. The summed E-state index contributed by atoms with van der Waals surface area (Å²) in [6.07, 6.45) is 2.46. The second-order valence-corrected chi connectivity index (χ2v) is 11.4. The van der Waals surface area contributed by atoms with Crippen molar-refractivity contribution in [1.29, 1.82) is 0 Å². The number of hydrogen-bond acceptors (Lipinski definition) is 6. The van der Waals surface area contributed by atoms with E-state index in [2.05, 4.69) is 24.6 Å². The smallest absolute Gasteiger partial charge is 0.323 e. The van der Waals surface area contributed by atoms with Gasteiger partial charge in [0.15, 0.2) is 5.70 Å². The number of nitrogens with zero attached hydrogens (tertiary/aromatic N) is 2. The van der Waals surface area contributed by atoms with Crippen LogP contribution in [0.5, 0.6) is 0 Å². The maximum atomic E-state index is 13.3. The number of rotatable bonds is 7. The lowest BCUT2D eigenvalue weighted by Crippen LogP contribution is -2.40. The summed E-state index contributed by atoms with van der Waals surface area (Å²) in [5.41, 5.74) is 3.77. The topological polar surface area (TPSA) is 142 Å². The highest BCUT2D eigenvalue weighted by Crippen LogP contribution is 2.30. The highest BCUT2D eigenvalue weighted by atomic mass is 32.2. The van der Waals surface area contributed by atoms with Gasteiger partial charge in [-0.3, -0.25) is 13.8 Å². The van der Waals surface area contributed by atoms with Crippen LogP contribution >= 0.6 is 0 Å². The molecule has 0 bridgehead atoms. The maximum Gasteiger partial charge on any atom is 0.323 e. The van der Waals surface area contributed by atoms with Gasteiger partial charge >= 0.3 is 6.03 Å². The molecule has 3 N–H and O–H groups in total. The van der Waals surface area contributed by atoms with Gasteiger partial charge in [0.05, 0.1) is 35.3 Å². The number of aromatic amines is 1. The molecule has 1 saturated heterocycles. The Hall–Kier alpha value is -5.25. The third-order valence-corrected chi connectivity index (χ3v) is 8.46. The first-order valence-electron chi connectivity index (χ1n) is 13.3. The predicted octanol–water partition coefficient (Wildman–Crippen LogP) is 5.28. The van der Waals surface area contributed by atoms with E-state index in [1.807, 2.05) is 30.3 Å². The summed E-state index contributed by atoms with van der Waals surface area (Å²) in [6, 6.07) is 19.3. The normalized spacial score (nSPS) is 13.3. The molecular weight excluding hydrogens is 570 g/mol. The first-order valence-corrected chi connectivity index (χ1v) is 14.7. The fourth-order valence-corrected chi connectivity index (χ4v) is 5.61. The third kappa shape index (κ3) is 6.18. The van der Waals surface area contributed by atoms with E-state index in [0.717, 1.165) is 18.2 Å². The Balaban J connectivity index is 1.26. The summed E-state index contributed by atoms with van der Waals surface area (Å²) in [6.45, 7) is 8.30. The Morgan fingerprint density at radius 3 is 2.28 bits per heavy atom. The van der Waals surface area contributed by atoms with Crippen molar-refractivity contribution >= 4 is 55.8 Å². The number of aromatic nitrogens is 1. The summed E-state index contributed by atoms with van der Waals surface area (Å²) < 4.78 is 28.1. The van der Waals surface area contributed by atoms with Gasteiger partial charge in [-0.05, 0) is 48.7 Å². The molecule has 1 aliphatic heterocycles. The molecular formula is C31H27N5O6S. The largest absolute Gasteiger partial charge is 0.359 e. The summed E-state index contributed by atoms with van der Waals surface area (Å²) in [5, 5.41) is 5.80. The molecule has 5 rings (SSSR count). The zero-order chi connectivity index (χ0) is 30.6. The number of H-pyrrole nitrogens is 1. The average molecular weight is 598 g/mol. The first kappa shape index (κ1) is 29.2. The number of likely N-dealkylation sites (tertiary alicyclic amines) is 1. The number of carbonyl (C=O) groups is 3. The maximum absolute atomic E-state index is 13.3. The van der Waals surface area contributed by atoms with E-state index in [1.54, 1.807) is 18.2 Å². The minimum atomic E-state index is -3.85. The molecule has 43 heavy (non-hydrogen) atoms. The minimum Gasteiger partial charge on any atom is -0.359 e. The number of amides is 3. The first-order chi connectivity index (χ1) is 20.7. The Morgan fingerprint density at radius 2 is 1.63 bits per heavy atom. The lowest BCUT2D eigenvalue weighted by Gasteiger charge is -2.28. The van der Waals surface area contributed by atoms with Gasteiger partial charge < -0.3 is 20.5 Å². The van der Waals surface area contributed by atoms with E-state index in [-0.39, 0.29) is 10.5 Å². The van der Waals surface area contributed by atoms with E-state index >= 15 is 0 Å². The quantitative estimate of drug-likeness (QED) is 0.115. The van der Waals surface area contributed by atoms with Crippen LogP contribution < -0.4 is 10.6 Å². The van der Waals surface area contributed by atoms with Gasteiger partial charge in [-0.2, -0.15) is 8.42 Å². The molecule has 0 radical (unpaired) electrons. The van der Waals surface area contributed by atoms with Crippen molar-refractivity contribution in [3.8, 4) is 0 Å². The van der Waals surface area contributed by atoms with Crippen molar-refractivity contribution in [1.82, 2.24) is 9.88 Å². The summed E-state index contributed by atoms with van der Waals surface area (Å²) in [5.74, 6) is -1.29. The molecule has 4 aromatic rings. The van der Waals surface area contributed by atoms with Crippen LogP contribution in [0.3, 0.4) is 0 Å². The molecule has 218 valence electrons. The number of para-hydroxylation sites is 1. The average Bonchev–Trinajstić information content (AvgIpc) is 3.47. The second kappa shape index (κ2) is 12.3. The Labute approximate surface area is 248 Å². The predicted molar refractivity (Wildman–Crippen MR) is 162 cm³/mol. The molecule has 0 aliphatic carbocycles. The van der Waals surface area contributed by atoms with Crippen LogP contribution in [-0.4, -0.2) is 56.2 Å². The Morgan fingerprint density at radius 1 is 0.930 bits per heavy atom. The molecule has 12 heteroatoms. The van der Waals surface area contributed by atoms with E-state index < -0.39 is 27.8 Å². The molecule has 0 spiro atoms. The van der Waals surface area contributed by atoms with Crippen molar-refractivity contribution in [2.24, 2.45) is 0 Å². The zero-order valence-corrected chi connectivity index (χ0v) is 23.9. The lowest BCUT2D eigenvalue weighted by molar-refractivity contribution is -0.126. The van der Waals surface area contributed by atoms with Gasteiger partial charge in [0.2, 0.25) is 0 Å². The third-order valence-electron chi connectivity index (χ3n) is 7.17. The molecule has 1 fully saturated rings. The van der Waals surface area contributed by atoms with Crippen LogP contribution in [0.25, 0.3) is 21.4 Å². The summed E-state index contributed by atoms with van der Waals surface area (Å²) >= 11 is 0. The van der Waals surface area contributed by atoms with Crippen LogP contribution in [-0.2, 0) is 19.1 Å². The van der Waals surface area contributed by atoms with Gasteiger partial charge in [-0.1, -0.05) is 48.0 Å². The Kier molecular flexibility index (Phi) is 8.38. The van der Waals surface area contributed by atoms with Crippen LogP contribution in [0.4, 0.5) is 16.2 Å².